The zero-order valence-corrected chi connectivity index (χ0v) is 20.1. The van der Waals surface area contributed by atoms with Crippen LogP contribution in [0, 0.1) is 11.8 Å². The monoisotopic (exact) mass is 432 g/mol. The molecule has 0 aromatic heterocycles. The van der Waals surface area contributed by atoms with Gasteiger partial charge < -0.3 is 19.3 Å². The lowest BCUT2D eigenvalue weighted by Gasteiger charge is -2.53. The van der Waals surface area contributed by atoms with Crippen molar-refractivity contribution in [3.63, 3.8) is 0 Å². The van der Waals surface area contributed by atoms with Crippen LogP contribution in [0.1, 0.15) is 90.7 Å². The van der Waals surface area contributed by atoms with E-state index in [0.717, 1.165) is 42.6 Å². The third kappa shape index (κ3) is 5.19. The second kappa shape index (κ2) is 9.40. The van der Waals surface area contributed by atoms with E-state index in [4.69, 9.17) is 14.2 Å². The maximum Gasteiger partial charge on any atom is 0.344 e. The number of carbonyl (C=O) groups excluding carboxylic acids is 1. The van der Waals surface area contributed by atoms with Crippen molar-refractivity contribution < 1.29 is 24.1 Å². The van der Waals surface area contributed by atoms with E-state index in [1.54, 1.807) is 6.92 Å². The zero-order chi connectivity index (χ0) is 22.8. The maximum atomic E-state index is 12.0. The summed E-state index contributed by atoms with van der Waals surface area (Å²) in [6, 6.07) is 4.21. The summed E-state index contributed by atoms with van der Waals surface area (Å²) in [6.07, 6.45) is 5.94. The van der Waals surface area contributed by atoms with Crippen molar-refractivity contribution in [1.82, 2.24) is 0 Å². The van der Waals surface area contributed by atoms with Gasteiger partial charge in [-0.25, -0.2) is 4.79 Å². The summed E-state index contributed by atoms with van der Waals surface area (Å²) in [5.41, 5.74) is 1.09. The topological polar surface area (TPSA) is 65.0 Å². The number of hydrogen-bond donors (Lipinski definition) is 1. The molecule has 31 heavy (non-hydrogen) atoms. The molecule has 1 fully saturated rings. The van der Waals surface area contributed by atoms with E-state index in [0.29, 0.717) is 18.8 Å². The molecule has 1 saturated carbocycles. The van der Waals surface area contributed by atoms with Crippen molar-refractivity contribution in [3.05, 3.63) is 23.3 Å². The molecule has 1 N–H and O–H groups in total. The first kappa shape index (κ1) is 23.9. The molecular weight excluding hydrogens is 392 g/mol. The average molecular weight is 433 g/mol. The highest BCUT2D eigenvalue weighted by molar-refractivity contribution is 5.71. The Labute approximate surface area is 187 Å². The number of rotatable bonds is 8. The first-order valence-corrected chi connectivity index (χ1v) is 12.0. The highest BCUT2D eigenvalue weighted by Crippen LogP contribution is 2.57. The number of esters is 1. The van der Waals surface area contributed by atoms with Crippen LogP contribution in [0.3, 0.4) is 0 Å². The van der Waals surface area contributed by atoms with Gasteiger partial charge in [0.05, 0.1) is 12.2 Å². The van der Waals surface area contributed by atoms with Gasteiger partial charge in [-0.3, -0.25) is 0 Å². The Bertz CT molecular complexity index is 782. The Morgan fingerprint density at radius 2 is 1.97 bits per heavy atom. The lowest BCUT2D eigenvalue weighted by Crippen LogP contribution is -2.53. The number of ether oxygens (including phenoxy) is 3. The summed E-state index contributed by atoms with van der Waals surface area (Å²) in [4.78, 5) is 12.0. The molecule has 2 unspecified atom stereocenters. The van der Waals surface area contributed by atoms with Crippen LogP contribution in [0.15, 0.2) is 12.1 Å². The lowest BCUT2D eigenvalue weighted by atomic mass is 9.59. The Kier molecular flexibility index (Phi) is 7.25. The average Bonchev–Trinajstić information content (AvgIpc) is 2.67. The fourth-order valence-corrected chi connectivity index (χ4v) is 5.31. The van der Waals surface area contributed by atoms with Gasteiger partial charge in [0.1, 0.15) is 17.1 Å². The number of fused-ring (bicyclic) bond motifs is 3. The normalized spacial score (nSPS) is 28.8. The second-order valence-electron chi connectivity index (χ2n) is 10.2. The van der Waals surface area contributed by atoms with Crippen molar-refractivity contribution in [2.45, 2.75) is 97.2 Å². The number of aryl methyl sites for hydroxylation is 1. The largest absolute Gasteiger partial charge is 0.487 e. The number of carbonyl (C=O) groups is 1. The van der Waals surface area contributed by atoms with Gasteiger partial charge in [-0.1, -0.05) is 26.7 Å². The third-order valence-corrected chi connectivity index (χ3v) is 7.31. The van der Waals surface area contributed by atoms with Crippen LogP contribution in [-0.4, -0.2) is 35.5 Å². The molecule has 0 radical (unpaired) electrons. The van der Waals surface area contributed by atoms with E-state index in [1.165, 1.54) is 6.42 Å². The Morgan fingerprint density at radius 3 is 2.65 bits per heavy atom. The molecule has 1 aromatic carbocycles. The molecule has 0 amide bonds. The highest BCUT2D eigenvalue weighted by atomic mass is 16.6. The Balaban J connectivity index is 2.01. The maximum absolute atomic E-state index is 12.0. The molecular formula is C26H40O5. The minimum atomic E-state index is -0.746. The van der Waals surface area contributed by atoms with Crippen LogP contribution < -0.4 is 9.47 Å². The second-order valence-corrected chi connectivity index (χ2v) is 10.2. The summed E-state index contributed by atoms with van der Waals surface area (Å²) in [5, 5.41) is 11.1. The van der Waals surface area contributed by atoms with Gasteiger partial charge in [0.25, 0.3) is 0 Å². The van der Waals surface area contributed by atoms with Crippen molar-refractivity contribution in [3.8, 4) is 11.5 Å². The number of aliphatic hydroxyl groups is 1. The molecule has 0 saturated heterocycles. The van der Waals surface area contributed by atoms with Crippen LogP contribution in [0.4, 0.5) is 0 Å². The Hall–Kier alpha value is -1.75. The molecule has 1 heterocycles. The van der Waals surface area contributed by atoms with Crippen molar-refractivity contribution in [2.75, 3.05) is 13.2 Å². The number of hydrogen-bond acceptors (Lipinski definition) is 5. The Morgan fingerprint density at radius 1 is 1.23 bits per heavy atom. The molecule has 5 heteroatoms. The molecule has 174 valence electrons. The van der Waals surface area contributed by atoms with Crippen LogP contribution in [0.5, 0.6) is 11.5 Å². The van der Waals surface area contributed by atoms with Crippen LogP contribution >= 0.6 is 0 Å². The summed E-state index contributed by atoms with van der Waals surface area (Å²) in [5.74, 6) is 1.75. The van der Waals surface area contributed by atoms with Crippen molar-refractivity contribution in [2.24, 2.45) is 11.8 Å². The summed E-state index contributed by atoms with van der Waals surface area (Å²) < 4.78 is 17.7. The predicted octanol–water partition coefficient (Wildman–Crippen LogP) is 5.41. The van der Waals surface area contributed by atoms with Gasteiger partial charge >= 0.3 is 5.97 Å². The smallest absolute Gasteiger partial charge is 0.344 e. The van der Waals surface area contributed by atoms with E-state index in [-0.39, 0.29) is 35.9 Å². The summed E-state index contributed by atoms with van der Waals surface area (Å²) >= 11 is 0. The molecule has 0 bridgehead atoms. The van der Waals surface area contributed by atoms with Crippen molar-refractivity contribution >= 4 is 5.97 Å². The van der Waals surface area contributed by atoms with Gasteiger partial charge in [0.2, 0.25) is 0 Å². The van der Waals surface area contributed by atoms with E-state index < -0.39 is 5.60 Å². The predicted molar refractivity (Wildman–Crippen MR) is 122 cm³/mol. The van der Waals surface area contributed by atoms with Gasteiger partial charge in [0, 0.05) is 17.4 Å². The van der Waals surface area contributed by atoms with Crippen molar-refractivity contribution in [1.29, 1.82) is 0 Å². The van der Waals surface area contributed by atoms with Gasteiger partial charge in [-0.05, 0) is 77.0 Å². The molecule has 0 spiro atoms. The van der Waals surface area contributed by atoms with E-state index >= 15 is 0 Å². The fraction of sp³-hybridized carbons (Fsp3) is 0.731. The number of benzene rings is 1. The molecule has 2 aliphatic rings. The summed E-state index contributed by atoms with van der Waals surface area (Å²) in [6.45, 7) is 12.6. The first-order chi connectivity index (χ1) is 14.6. The minimum absolute atomic E-state index is 0.117. The van der Waals surface area contributed by atoms with Gasteiger partial charge in [-0.2, -0.15) is 0 Å². The highest BCUT2D eigenvalue weighted by Gasteiger charge is 2.52. The zero-order valence-electron chi connectivity index (χ0n) is 20.1. The standard InChI is InChI=1S/C26H40O5/c1-7-9-10-11-18-13-21(30-16-23(27)29-8-2)24-19-15-26(6,28)17(3)12-20(19)25(4,5)31-22(24)14-18/h13-14,17,19-20,28H,7-12,15-16H2,1-6H3/t17?,19-,20-,26?/m1/s1. The molecule has 4 atom stereocenters. The third-order valence-electron chi connectivity index (χ3n) is 7.31. The van der Waals surface area contributed by atoms with Crippen LogP contribution in [-0.2, 0) is 16.0 Å². The molecule has 1 aromatic rings. The van der Waals surface area contributed by atoms with Gasteiger partial charge in [-0.15, -0.1) is 0 Å². The SMILES string of the molecule is CCCCCc1cc(OCC(=O)OCC)c2c(c1)OC(C)(C)[C@@H]1CC(C)C(C)(O)C[C@@H]21. The van der Waals surface area contributed by atoms with Gasteiger partial charge in [0.15, 0.2) is 6.61 Å². The summed E-state index contributed by atoms with van der Waals surface area (Å²) in [7, 11) is 0. The van der Waals surface area contributed by atoms with Crippen LogP contribution in [0.2, 0.25) is 0 Å². The molecule has 1 aliphatic carbocycles. The minimum Gasteiger partial charge on any atom is -0.487 e. The first-order valence-electron chi connectivity index (χ1n) is 12.0. The quantitative estimate of drug-likeness (QED) is 0.439. The van der Waals surface area contributed by atoms with Crippen LogP contribution in [0.25, 0.3) is 0 Å². The molecule has 5 nitrogen and oxygen atoms in total. The molecule has 3 rings (SSSR count). The van der Waals surface area contributed by atoms with E-state index in [2.05, 4.69) is 39.8 Å². The molecule has 1 aliphatic heterocycles. The van der Waals surface area contributed by atoms with E-state index in [9.17, 15) is 9.90 Å². The lowest BCUT2D eigenvalue weighted by molar-refractivity contribution is -0.145. The fourth-order valence-electron chi connectivity index (χ4n) is 5.31. The van der Waals surface area contributed by atoms with E-state index in [1.807, 2.05) is 6.92 Å². The number of unbranched alkanes of at least 4 members (excludes halogenated alkanes) is 2.